The van der Waals surface area contributed by atoms with Gasteiger partial charge < -0.3 is 25.8 Å². The smallest absolute Gasteiger partial charge is 0.245 e. The first-order valence-corrected chi connectivity index (χ1v) is 14.2. The van der Waals surface area contributed by atoms with Crippen LogP contribution in [0.15, 0.2) is 30.3 Å². The number of rotatable bonds is 6. The average molecular weight is 584 g/mol. The summed E-state index contributed by atoms with van der Waals surface area (Å²) in [6.45, 7) is 7.24. The molecule has 1 fully saturated rings. The lowest BCUT2D eigenvalue weighted by Gasteiger charge is -2.32. The van der Waals surface area contributed by atoms with Crippen molar-refractivity contribution in [3.63, 3.8) is 0 Å². The first kappa shape index (κ1) is 32.2. The zero-order chi connectivity index (χ0) is 30.8. The summed E-state index contributed by atoms with van der Waals surface area (Å²) in [7, 11) is 1.47. The van der Waals surface area contributed by atoms with Crippen LogP contribution in [0.2, 0.25) is 0 Å². The van der Waals surface area contributed by atoms with Gasteiger partial charge in [-0.1, -0.05) is 44.2 Å². The van der Waals surface area contributed by atoms with E-state index in [4.69, 9.17) is 0 Å². The summed E-state index contributed by atoms with van der Waals surface area (Å²) in [5.74, 6) is -1.85. The van der Waals surface area contributed by atoms with E-state index in [1.165, 1.54) is 21.5 Å². The van der Waals surface area contributed by atoms with Crippen molar-refractivity contribution in [3.05, 3.63) is 41.7 Å². The van der Waals surface area contributed by atoms with Crippen LogP contribution >= 0.6 is 0 Å². The van der Waals surface area contributed by atoms with Crippen molar-refractivity contribution in [3.8, 4) is 0 Å². The normalized spacial score (nSPS) is 21.6. The molecule has 0 unspecified atom stereocenters. The van der Waals surface area contributed by atoms with E-state index in [1.54, 1.807) is 27.7 Å². The third-order valence-electron chi connectivity index (χ3n) is 7.21. The number of nitrogens with one attached hydrogen (secondary N) is 3. The molecule has 0 spiro atoms. The van der Waals surface area contributed by atoms with E-state index in [0.29, 0.717) is 12.2 Å². The second kappa shape index (κ2) is 15.0. The van der Waals surface area contributed by atoms with Crippen LogP contribution in [-0.2, 0) is 36.9 Å². The number of benzene rings is 1. The summed E-state index contributed by atoms with van der Waals surface area (Å²) in [5, 5.41) is 19.7. The van der Waals surface area contributed by atoms with Crippen LogP contribution in [0.1, 0.15) is 45.0 Å². The molecule has 14 heteroatoms. The second-order valence-electron chi connectivity index (χ2n) is 10.8. The largest absolute Gasteiger partial charge is 0.354 e. The van der Waals surface area contributed by atoms with E-state index >= 15 is 0 Å². The van der Waals surface area contributed by atoms with Gasteiger partial charge in [-0.3, -0.25) is 24.0 Å². The molecule has 1 aliphatic heterocycles. The van der Waals surface area contributed by atoms with Gasteiger partial charge in [-0.05, 0) is 42.2 Å². The molecule has 0 aliphatic carbocycles. The third-order valence-corrected chi connectivity index (χ3v) is 7.21. The Morgan fingerprint density at radius 1 is 1.07 bits per heavy atom. The molecule has 42 heavy (non-hydrogen) atoms. The summed E-state index contributed by atoms with van der Waals surface area (Å²) in [6, 6.07) is 6.62. The third kappa shape index (κ3) is 8.82. The highest BCUT2D eigenvalue weighted by Crippen LogP contribution is 2.11. The van der Waals surface area contributed by atoms with Gasteiger partial charge >= 0.3 is 0 Å². The number of nitrogens with zero attached hydrogens (tertiary/aromatic N) is 6. The number of aryl methyl sites for hydroxylation is 2. The van der Waals surface area contributed by atoms with Crippen molar-refractivity contribution < 1.29 is 24.0 Å². The fraction of sp³-hybridized carbons (Fsp3) is 0.571. The average Bonchev–Trinajstić information content (AvgIpc) is 3.37. The number of amides is 5. The van der Waals surface area contributed by atoms with Gasteiger partial charge in [0, 0.05) is 33.0 Å². The van der Waals surface area contributed by atoms with Crippen LogP contribution in [0.25, 0.3) is 0 Å². The Balaban J connectivity index is 1.84. The van der Waals surface area contributed by atoms with Gasteiger partial charge in [0.1, 0.15) is 23.9 Å². The highest BCUT2D eigenvalue weighted by Gasteiger charge is 2.33. The molecular weight excluding hydrogens is 542 g/mol. The summed E-state index contributed by atoms with van der Waals surface area (Å²) in [5.41, 5.74) is 0.864. The monoisotopic (exact) mass is 583 g/mol. The Labute approximate surface area is 245 Å². The van der Waals surface area contributed by atoms with Crippen molar-refractivity contribution >= 4 is 29.5 Å². The van der Waals surface area contributed by atoms with Crippen LogP contribution in [0, 0.1) is 12.8 Å². The van der Waals surface area contributed by atoms with Crippen LogP contribution in [0.3, 0.4) is 0 Å². The molecule has 2 heterocycles. The van der Waals surface area contributed by atoms with E-state index in [0.717, 1.165) is 5.56 Å². The molecule has 0 saturated carbocycles. The van der Waals surface area contributed by atoms with Crippen LogP contribution < -0.4 is 16.0 Å². The second-order valence-corrected chi connectivity index (χ2v) is 10.8. The highest BCUT2D eigenvalue weighted by molar-refractivity contribution is 5.94. The maximum atomic E-state index is 13.3. The van der Waals surface area contributed by atoms with Crippen molar-refractivity contribution in [2.45, 2.75) is 71.6 Å². The lowest BCUT2D eigenvalue weighted by molar-refractivity contribution is -0.143. The summed E-state index contributed by atoms with van der Waals surface area (Å²) in [6.07, 6.45) is 0.676. The van der Waals surface area contributed by atoms with E-state index in [1.807, 2.05) is 30.3 Å². The zero-order valence-corrected chi connectivity index (χ0v) is 24.9. The van der Waals surface area contributed by atoms with Crippen LogP contribution in [0.5, 0.6) is 0 Å². The number of tetrazole rings is 1. The van der Waals surface area contributed by atoms with Crippen molar-refractivity contribution in [1.82, 2.24) is 46.0 Å². The van der Waals surface area contributed by atoms with Crippen molar-refractivity contribution in [1.29, 1.82) is 0 Å². The maximum Gasteiger partial charge on any atom is 0.245 e. The van der Waals surface area contributed by atoms with E-state index in [2.05, 4.69) is 31.5 Å². The molecule has 14 nitrogen and oxygen atoms in total. The van der Waals surface area contributed by atoms with Crippen molar-refractivity contribution in [2.75, 3.05) is 26.7 Å². The van der Waals surface area contributed by atoms with Crippen molar-refractivity contribution in [2.24, 2.45) is 5.92 Å². The fourth-order valence-corrected chi connectivity index (χ4v) is 4.68. The Morgan fingerprint density at radius 2 is 1.79 bits per heavy atom. The Bertz CT molecular complexity index is 1250. The molecule has 228 valence electrons. The molecule has 1 saturated heterocycles. The number of aromatic nitrogens is 4. The van der Waals surface area contributed by atoms with Gasteiger partial charge in [0.15, 0.2) is 0 Å². The lowest BCUT2D eigenvalue weighted by Crippen LogP contribution is -2.57. The maximum absolute atomic E-state index is 13.3. The molecular formula is C28H41N9O5. The number of hydrogen-bond donors (Lipinski definition) is 3. The van der Waals surface area contributed by atoms with Gasteiger partial charge in [0.2, 0.25) is 29.5 Å². The minimum atomic E-state index is -0.921. The predicted molar refractivity (Wildman–Crippen MR) is 152 cm³/mol. The molecule has 3 N–H and O–H groups in total. The van der Waals surface area contributed by atoms with Gasteiger partial charge in [0.05, 0.1) is 13.1 Å². The highest BCUT2D eigenvalue weighted by atomic mass is 16.2. The first-order chi connectivity index (χ1) is 20.0. The van der Waals surface area contributed by atoms with Crippen LogP contribution in [0.4, 0.5) is 0 Å². The standard InChI is InChI=1S/C28H41N9O5/c1-18(2)25-28(42)35(5)17-23(38)30-22(16-21-10-7-6-8-11-21)27(41)29-13-9-14-36(19(3)26(40)31-25)24(39)12-15-37-20(4)32-33-34-37/h6-8,10-11,18-19,22,25H,9,12-17H2,1-5H3,(H,29,41)(H,30,38)(H,31,40)/t19-,22+,25+/m1/s1. The Hall–Kier alpha value is -4.36. The van der Waals surface area contributed by atoms with Gasteiger partial charge in [0.25, 0.3) is 0 Å². The SMILES string of the molecule is Cc1nnnn1CCC(=O)N1CCCNC(=O)[C@H](Cc2ccccc2)NC(=O)CN(C)C(=O)[C@H](C(C)C)NC(=O)[C@H]1C. The Morgan fingerprint density at radius 3 is 2.43 bits per heavy atom. The topological polar surface area (TPSA) is 172 Å². The lowest BCUT2D eigenvalue weighted by atomic mass is 10.0. The quantitative estimate of drug-likeness (QED) is 0.406. The molecule has 1 aliphatic rings. The minimum Gasteiger partial charge on any atom is -0.354 e. The predicted octanol–water partition coefficient (Wildman–Crippen LogP) is -0.565. The molecule has 0 bridgehead atoms. The molecule has 2 aromatic rings. The number of carbonyl (C=O) groups is 5. The molecule has 5 amide bonds. The van der Waals surface area contributed by atoms with Gasteiger partial charge in [-0.2, -0.15) is 0 Å². The zero-order valence-electron chi connectivity index (χ0n) is 24.9. The van der Waals surface area contributed by atoms with E-state index in [-0.39, 0.29) is 56.8 Å². The summed E-state index contributed by atoms with van der Waals surface area (Å²) in [4.78, 5) is 68.8. The molecule has 0 radical (unpaired) electrons. The van der Waals surface area contributed by atoms with E-state index < -0.39 is 35.8 Å². The molecule has 3 atom stereocenters. The van der Waals surface area contributed by atoms with Gasteiger partial charge in [-0.15, -0.1) is 5.10 Å². The Kier molecular flexibility index (Phi) is 11.5. The number of likely N-dealkylation sites (N-methyl/N-ethyl adjacent to an activating group) is 1. The molecule has 3 rings (SSSR count). The minimum absolute atomic E-state index is 0.0519. The summed E-state index contributed by atoms with van der Waals surface area (Å²) < 4.78 is 1.50. The molecule has 1 aromatic heterocycles. The van der Waals surface area contributed by atoms with E-state index in [9.17, 15) is 24.0 Å². The molecule has 1 aromatic carbocycles. The first-order valence-electron chi connectivity index (χ1n) is 14.2. The number of carbonyl (C=O) groups excluding carboxylic acids is 5. The van der Waals surface area contributed by atoms with Gasteiger partial charge in [-0.25, -0.2) is 4.68 Å². The van der Waals surface area contributed by atoms with Crippen LogP contribution in [-0.4, -0.2) is 104 Å². The summed E-state index contributed by atoms with van der Waals surface area (Å²) >= 11 is 0. The number of hydrogen-bond acceptors (Lipinski definition) is 8. The fourth-order valence-electron chi connectivity index (χ4n) is 4.68.